The van der Waals surface area contributed by atoms with Crippen LogP contribution >= 0.6 is 0 Å². The summed E-state index contributed by atoms with van der Waals surface area (Å²) in [6.07, 6.45) is 0.885. The third-order valence-electron chi connectivity index (χ3n) is 4.72. The molecular weight excluding hydrogens is 424 g/mol. The molecule has 4 rings (SSSR count). The molecule has 0 aliphatic carbocycles. The third-order valence-corrected chi connectivity index (χ3v) is 4.72. The fourth-order valence-corrected chi connectivity index (χ4v) is 2.83. The summed E-state index contributed by atoms with van der Waals surface area (Å²) < 4.78 is 21.9. The Labute approximate surface area is 196 Å². The van der Waals surface area contributed by atoms with Crippen molar-refractivity contribution in [1.29, 1.82) is 0 Å². The van der Waals surface area contributed by atoms with E-state index < -0.39 is 0 Å². The predicted molar refractivity (Wildman–Crippen MR) is 126 cm³/mol. The number of para-hydroxylation sites is 2. The van der Waals surface area contributed by atoms with Crippen LogP contribution in [0.3, 0.4) is 0 Å². The van der Waals surface area contributed by atoms with Gasteiger partial charge in [0.15, 0.2) is 0 Å². The van der Waals surface area contributed by atoms with Crippen molar-refractivity contribution in [2.75, 3.05) is 33.0 Å². The first kappa shape index (κ1) is 27.1. The Morgan fingerprint density at radius 3 is 1.45 bits per heavy atom. The average molecular weight is 463 g/mol. The molecule has 2 saturated heterocycles. The van der Waals surface area contributed by atoms with Crippen molar-refractivity contribution in [2.24, 2.45) is 5.41 Å². The summed E-state index contributed by atoms with van der Waals surface area (Å²) >= 11 is 0. The Morgan fingerprint density at radius 1 is 0.788 bits per heavy atom. The van der Waals surface area contributed by atoms with E-state index in [9.17, 15) is 5.11 Å². The van der Waals surface area contributed by atoms with Gasteiger partial charge in [0.25, 0.3) is 0 Å². The van der Waals surface area contributed by atoms with E-state index in [1.54, 1.807) is 48.5 Å². The Morgan fingerprint density at radius 2 is 1.18 bits per heavy atom. The van der Waals surface area contributed by atoms with Crippen molar-refractivity contribution in [1.82, 2.24) is 0 Å². The molecular formula is C26H38O7. The van der Waals surface area contributed by atoms with Crippen LogP contribution < -0.4 is 0 Å². The highest BCUT2D eigenvalue weighted by molar-refractivity contribution is 5.19. The number of rotatable bonds is 9. The molecule has 2 aliphatic rings. The summed E-state index contributed by atoms with van der Waals surface area (Å²) in [7, 11) is 0. The second-order valence-electron chi connectivity index (χ2n) is 9.27. The maximum Gasteiger partial charge on any atom is 0.115 e. The van der Waals surface area contributed by atoms with Crippen molar-refractivity contribution in [2.45, 2.75) is 51.6 Å². The van der Waals surface area contributed by atoms with E-state index in [1.165, 1.54) is 0 Å². The van der Waals surface area contributed by atoms with Crippen LogP contribution in [0.4, 0.5) is 0 Å². The molecule has 0 radical (unpaired) electrons. The minimum Gasteiger partial charge on any atom is -0.508 e. The molecule has 2 fully saturated rings. The van der Waals surface area contributed by atoms with Crippen LogP contribution in [-0.2, 0) is 18.9 Å². The molecule has 7 nitrogen and oxygen atoms in total. The third kappa shape index (κ3) is 13.9. The first-order valence-corrected chi connectivity index (χ1v) is 11.3. The fraction of sp³-hybridized carbons (Fsp3) is 0.538. The van der Waals surface area contributed by atoms with E-state index in [2.05, 4.69) is 20.8 Å². The molecule has 2 heterocycles. The maximum atomic E-state index is 9.53. The number of hydrogen-bond acceptors (Lipinski definition) is 7. The highest BCUT2D eigenvalue weighted by Crippen LogP contribution is 2.26. The van der Waals surface area contributed by atoms with E-state index in [0.717, 1.165) is 19.6 Å². The Kier molecular flexibility index (Phi) is 11.6. The number of ether oxygens (including phenoxy) is 4. The Balaban J connectivity index is 0.000000223. The van der Waals surface area contributed by atoms with Crippen LogP contribution in [0.25, 0.3) is 0 Å². The van der Waals surface area contributed by atoms with E-state index >= 15 is 0 Å². The van der Waals surface area contributed by atoms with Crippen LogP contribution in [-0.4, -0.2) is 72.8 Å². The van der Waals surface area contributed by atoms with Crippen LogP contribution in [0.5, 0.6) is 11.5 Å². The molecule has 2 aromatic rings. The van der Waals surface area contributed by atoms with Gasteiger partial charge in [-0.05, 0) is 36.1 Å². The van der Waals surface area contributed by atoms with Crippen LogP contribution in [0.1, 0.15) is 27.2 Å². The molecule has 2 aliphatic heterocycles. The van der Waals surface area contributed by atoms with Crippen molar-refractivity contribution < 1.29 is 34.3 Å². The Bertz CT molecular complexity index is 703. The van der Waals surface area contributed by atoms with Gasteiger partial charge in [0, 0.05) is 0 Å². The van der Waals surface area contributed by atoms with Gasteiger partial charge in [0.05, 0.1) is 39.1 Å². The lowest BCUT2D eigenvalue weighted by molar-refractivity contribution is -0.108. The van der Waals surface area contributed by atoms with E-state index in [4.69, 9.17) is 29.2 Å². The quantitative estimate of drug-likeness (QED) is 0.487. The van der Waals surface area contributed by atoms with Gasteiger partial charge in [-0.25, -0.2) is 0 Å². The van der Waals surface area contributed by atoms with Crippen LogP contribution in [0.15, 0.2) is 60.7 Å². The summed E-state index contributed by atoms with van der Waals surface area (Å²) in [5.74, 6) is 0.644. The van der Waals surface area contributed by atoms with Gasteiger partial charge in [0.1, 0.15) is 29.8 Å². The molecule has 0 amide bonds. The standard InChI is InChI=1S/C14H26O5.2C6H6O/c1-14(2,3)4-12(18-8-10-6-16-10)13(5-15)19-9-11-7-17-11;2*7-6-4-2-1-3-5-6/h10-13,15H,4-9H2,1-3H3;2*1-5,7H. The summed E-state index contributed by atoms with van der Waals surface area (Å²) in [5, 5.41) is 26.8. The first-order chi connectivity index (χ1) is 15.8. The fourth-order valence-electron chi connectivity index (χ4n) is 2.83. The molecule has 0 spiro atoms. The molecule has 0 saturated carbocycles. The van der Waals surface area contributed by atoms with Gasteiger partial charge in [0.2, 0.25) is 0 Å². The van der Waals surface area contributed by atoms with E-state index in [0.29, 0.717) is 24.7 Å². The highest BCUT2D eigenvalue weighted by atomic mass is 16.6. The number of benzene rings is 2. The lowest BCUT2D eigenvalue weighted by Gasteiger charge is -2.31. The smallest absolute Gasteiger partial charge is 0.115 e. The summed E-state index contributed by atoms with van der Waals surface area (Å²) in [6.45, 7) is 9.12. The van der Waals surface area contributed by atoms with Crippen molar-refractivity contribution >= 4 is 0 Å². The second kappa shape index (κ2) is 14.2. The summed E-state index contributed by atoms with van der Waals surface area (Å²) in [4.78, 5) is 0. The molecule has 7 heteroatoms. The van der Waals surface area contributed by atoms with Crippen molar-refractivity contribution in [3.8, 4) is 11.5 Å². The van der Waals surface area contributed by atoms with Gasteiger partial charge in [-0.1, -0.05) is 57.2 Å². The SMILES string of the molecule is CC(C)(C)CC(OCC1CO1)C(CO)OCC1CO1.Oc1ccccc1.Oc1ccccc1. The predicted octanol–water partition coefficient (Wildman–Crippen LogP) is 3.77. The monoisotopic (exact) mass is 462 g/mol. The number of aliphatic hydroxyl groups is 1. The number of hydrogen-bond donors (Lipinski definition) is 3. The molecule has 4 unspecified atom stereocenters. The molecule has 4 atom stereocenters. The molecule has 2 aromatic carbocycles. The number of phenolic OH excluding ortho intramolecular Hbond substituents is 2. The topological polar surface area (TPSA) is 104 Å². The van der Waals surface area contributed by atoms with Gasteiger partial charge >= 0.3 is 0 Å². The van der Waals surface area contributed by atoms with Gasteiger partial charge < -0.3 is 34.3 Å². The Hall–Kier alpha value is -2.16. The van der Waals surface area contributed by atoms with Gasteiger partial charge in [-0.3, -0.25) is 0 Å². The van der Waals surface area contributed by atoms with Crippen molar-refractivity contribution in [3.05, 3.63) is 60.7 Å². The largest absolute Gasteiger partial charge is 0.508 e. The molecule has 33 heavy (non-hydrogen) atoms. The summed E-state index contributed by atoms with van der Waals surface area (Å²) in [6, 6.07) is 17.4. The number of aromatic hydroxyl groups is 2. The second-order valence-corrected chi connectivity index (χ2v) is 9.27. The molecule has 184 valence electrons. The molecule has 0 aromatic heterocycles. The maximum absolute atomic E-state index is 9.53. The lowest BCUT2D eigenvalue weighted by atomic mass is 9.87. The molecule has 0 bridgehead atoms. The lowest BCUT2D eigenvalue weighted by Crippen LogP contribution is -2.39. The number of phenols is 2. The summed E-state index contributed by atoms with van der Waals surface area (Å²) in [5.41, 5.74) is 0.127. The zero-order chi connectivity index (χ0) is 24.1. The van der Waals surface area contributed by atoms with Gasteiger partial charge in [-0.15, -0.1) is 0 Å². The first-order valence-electron chi connectivity index (χ1n) is 11.3. The molecule has 3 N–H and O–H groups in total. The zero-order valence-electron chi connectivity index (χ0n) is 19.8. The average Bonchev–Trinajstić information content (AvgIpc) is 3.69. The minimum atomic E-state index is -0.290. The number of epoxide rings is 2. The number of aliphatic hydroxyl groups excluding tert-OH is 1. The normalized spacial score (nSPS) is 20.4. The zero-order valence-corrected chi connectivity index (χ0v) is 19.8. The van der Waals surface area contributed by atoms with E-state index in [-0.39, 0.29) is 36.4 Å². The van der Waals surface area contributed by atoms with Crippen LogP contribution in [0.2, 0.25) is 0 Å². The minimum absolute atomic E-state index is 0.0288. The highest BCUT2D eigenvalue weighted by Gasteiger charge is 2.32. The van der Waals surface area contributed by atoms with Crippen molar-refractivity contribution in [3.63, 3.8) is 0 Å². The van der Waals surface area contributed by atoms with E-state index in [1.807, 2.05) is 12.1 Å². The van der Waals surface area contributed by atoms with Gasteiger partial charge in [-0.2, -0.15) is 0 Å². The van der Waals surface area contributed by atoms with Crippen LogP contribution in [0, 0.1) is 5.41 Å².